The van der Waals surface area contributed by atoms with Crippen LogP contribution in [0.2, 0.25) is 0 Å². The van der Waals surface area contributed by atoms with Crippen molar-refractivity contribution in [1.29, 1.82) is 0 Å². The summed E-state index contributed by atoms with van der Waals surface area (Å²) in [4.78, 5) is 1.93. The third kappa shape index (κ3) is 3.74. The third-order valence-corrected chi connectivity index (χ3v) is 3.84. The molecule has 2 nitrogen and oxygen atoms in total. The van der Waals surface area contributed by atoms with E-state index in [1.807, 2.05) is 4.90 Å². The fraction of sp³-hybridized carbons (Fsp3) is 0.600. The van der Waals surface area contributed by atoms with Crippen LogP contribution in [0.25, 0.3) is 0 Å². The van der Waals surface area contributed by atoms with Gasteiger partial charge in [-0.05, 0) is 38.8 Å². The van der Waals surface area contributed by atoms with Crippen molar-refractivity contribution in [3.8, 4) is 0 Å². The Hall–Kier alpha value is -1.00. The van der Waals surface area contributed by atoms with E-state index in [1.165, 1.54) is 12.1 Å². The van der Waals surface area contributed by atoms with Crippen LogP contribution >= 0.6 is 0 Å². The minimum atomic E-state index is -2.77. The Morgan fingerprint density at radius 3 is 2.68 bits per heavy atom. The van der Waals surface area contributed by atoms with Crippen LogP contribution in [0.15, 0.2) is 30.3 Å². The van der Waals surface area contributed by atoms with Gasteiger partial charge in [0.05, 0.1) is 6.54 Å². The van der Waals surface area contributed by atoms with Crippen LogP contribution in [-0.4, -0.2) is 30.6 Å². The first-order valence-electron chi connectivity index (χ1n) is 7.01. The number of likely N-dealkylation sites (tertiary alicyclic amines) is 1. The van der Waals surface area contributed by atoms with Crippen molar-refractivity contribution in [3.63, 3.8) is 0 Å². The van der Waals surface area contributed by atoms with Crippen molar-refractivity contribution < 1.29 is 8.78 Å². The van der Waals surface area contributed by atoms with Crippen molar-refractivity contribution in [2.24, 2.45) is 5.73 Å². The number of nitrogens with zero attached hydrogens (tertiary/aromatic N) is 1. The van der Waals surface area contributed by atoms with Gasteiger partial charge in [0.25, 0.3) is 5.92 Å². The molecule has 0 aliphatic carbocycles. The van der Waals surface area contributed by atoms with E-state index in [9.17, 15) is 8.78 Å². The Bertz CT molecular complexity index is 381. The average molecular weight is 268 g/mol. The number of benzene rings is 1. The smallest absolute Gasteiger partial charge is 0.285 e. The number of halogens is 2. The maximum atomic E-state index is 14.2. The van der Waals surface area contributed by atoms with Gasteiger partial charge in [-0.1, -0.05) is 30.3 Å². The molecular weight excluding hydrogens is 246 g/mol. The van der Waals surface area contributed by atoms with Crippen LogP contribution in [0.4, 0.5) is 8.78 Å². The van der Waals surface area contributed by atoms with E-state index in [1.54, 1.807) is 18.2 Å². The van der Waals surface area contributed by atoms with Gasteiger partial charge in [0.15, 0.2) is 0 Å². The van der Waals surface area contributed by atoms with Crippen molar-refractivity contribution in [3.05, 3.63) is 35.9 Å². The summed E-state index contributed by atoms with van der Waals surface area (Å²) < 4.78 is 28.5. The highest BCUT2D eigenvalue weighted by Crippen LogP contribution is 2.32. The summed E-state index contributed by atoms with van der Waals surface area (Å²) in [6.45, 7) is 1.24. The molecular formula is C15H22F2N2. The van der Waals surface area contributed by atoms with Crippen LogP contribution in [0.3, 0.4) is 0 Å². The molecule has 4 heteroatoms. The lowest BCUT2D eigenvalue weighted by molar-refractivity contribution is -0.0415. The molecule has 0 bridgehead atoms. The fourth-order valence-corrected chi connectivity index (χ4v) is 2.81. The van der Waals surface area contributed by atoms with Crippen molar-refractivity contribution in [2.75, 3.05) is 19.6 Å². The minimum absolute atomic E-state index is 0.111. The van der Waals surface area contributed by atoms with Gasteiger partial charge in [0, 0.05) is 11.6 Å². The highest BCUT2D eigenvalue weighted by atomic mass is 19.3. The second-order valence-corrected chi connectivity index (χ2v) is 5.27. The summed E-state index contributed by atoms with van der Waals surface area (Å²) in [5.41, 5.74) is 5.61. The van der Waals surface area contributed by atoms with Crippen molar-refractivity contribution in [1.82, 2.24) is 4.90 Å². The third-order valence-electron chi connectivity index (χ3n) is 3.84. The molecule has 1 heterocycles. The summed E-state index contributed by atoms with van der Waals surface area (Å²) in [5.74, 6) is -2.77. The highest BCUT2D eigenvalue weighted by Gasteiger charge is 2.37. The molecule has 1 aromatic rings. The van der Waals surface area contributed by atoms with E-state index in [2.05, 4.69) is 0 Å². The summed E-state index contributed by atoms with van der Waals surface area (Å²) in [6.07, 6.45) is 3.88. The molecule has 0 spiro atoms. The van der Waals surface area contributed by atoms with E-state index < -0.39 is 5.92 Å². The zero-order valence-corrected chi connectivity index (χ0v) is 11.2. The van der Waals surface area contributed by atoms with Crippen LogP contribution in [0, 0.1) is 0 Å². The quantitative estimate of drug-likeness (QED) is 0.859. The summed E-state index contributed by atoms with van der Waals surface area (Å²) in [7, 11) is 0. The predicted octanol–water partition coefficient (Wildman–Crippen LogP) is 2.98. The monoisotopic (exact) mass is 268 g/mol. The second kappa shape index (κ2) is 6.44. The molecule has 2 N–H and O–H groups in total. The summed E-state index contributed by atoms with van der Waals surface area (Å²) in [6, 6.07) is 8.38. The van der Waals surface area contributed by atoms with Gasteiger partial charge >= 0.3 is 0 Å². The molecule has 1 saturated heterocycles. The van der Waals surface area contributed by atoms with E-state index in [0.717, 1.165) is 32.2 Å². The first kappa shape index (κ1) is 14.4. The van der Waals surface area contributed by atoms with Gasteiger partial charge in [0.1, 0.15) is 0 Å². The lowest BCUT2D eigenvalue weighted by Gasteiger charge is -2.29. The maximum absolute atomic E-state index is 14.2. The molecule has 0 aromatic heterocycles. The Labute approximate surface area is 113 Å². The molecule has 2 rings (SSSR count). The largest absolute Gasteiger partial charge is 0.330 e. The zero-order valence-electron chi connectivity index (χ0n) is 11.2. The average Bonchev–Trinajstić information content (AvgIpc) is 2.84. The normalized spacial score (nSPS) is 20.9. The van der Waals surface area contributed by atoms with Crippen LogP contribution in [-0.2, 0) is 5.92 Å². The summed E-state index contributed by atoms with van der Waals surface area (Å²) >= 11 is 0. The number of rotatable bonds is 6. The Kier molecular flexibility index (Phi) is 4.88. The second-order valence-electron chi connectivity index (χ2n) is 5.27. The molecule has 1 atom stereocenters. The molecule has 1 aliphatic rings. The van der Waals surface area contributed by atoms with E-state index >= 15 is 0 Å². The maximum Gasteiger partial charge on any atom is 0.285 e. The van der Waals surface area contributed by atoms with Crippen LogP contribution in [0.1, 0.15) is 31.2 Å². The van der Waals surface area contributed by atoms with Gasteiger partial charge in [0.2, 0.25) is 0 Å². The van der Waals surface area contributed by atoms with Gasteiger partial charge in [-0.3, -0.25) is 4.90 Å². The molecule has 106 valence electrons. The van der Waals surface area contributed by atoms with Crippen LogP contribution in [0.5, 0.6) is 0 Å². The standard InChI is InChI=1S/C15H22F2N2/c16-15(17,13-6-2-1-3-7-13)12-19-11-5-9-14(19)8-4-10-18/h1-3,6-7,14H,4-5,8-12,18H2. The molecule has 0 radical (unpaired) electrons. The van der Waals surface area contributed by atoms with Crippen molar-refractivity contribution in [2.45, 2.75) is 37.6 Å². The van der Waals surface area contributed by atoms with Gasteiger partial charge in [-0.2, -0.15) is 8.78 Å². The first-order chi connectivity index (χ1) is 9.13. The molecule has 19 heavy (non-hydrogen) atoms. The zero-order chi connectivity index (χ0) is 13.7. The van der Waals surface area contributed by atoms with Gasteiger partial charge < -0.3 is 5.73 Å². The minimum Gasteiger partial charge on any atom is -0.330 e. The number of hydrogen-bond acceptors (Lipinski definition) is 2. The molecule has 1 fully saturated rings. The Morgan fingerprint density at radius 1 is 1.26 bits per heavy atom. The predicted molar refractivity (Wildman–Crippen MR) is 73.2 cm³/mol. The van der Waals surface area contributed by atoms with Gasteiger partial charge in [-0.25, -0.2) is 0 Å². The van der Waals surface area contributed by atoms with E-state index in [-0.39, 0.29) is 18.2 Å². The molecule has 1 aromatic carbocycles. The molecule has 0 saturated carbocycles. The number of alkyl halides is 2. The molecule has 0 amide bonds. The summed E-state index contributed by atoms with van der Waals surface area (Å²) in [5, 5.41) is 0. The van der Waals surface area contributed by atoms with Crippen molar-refractivity contribution >= 4 is 0 Å². The SMILES string of the molecule is NCCCC1CCCN1CC(F)(F)c1ccccc1. The number of nitrogens with two attached hydrogens (primary N) is 1. The lowest BCUT2D eigenvalue weighted by Crippen LogP contribution is -2.38. The number of hydrogen-bond donors (Lipinski definition) is 1. The topological polar surface area (TPSA) is 29.3 Å². The highest BCUT2D eigenvalue weighted by molar-refractivity contribution is 5.20. The first-order valence-corrected chi connectivity index (χ1v) is 7.01. The van der Waals surface area contributed by atoms with E-state index in [0.29, 0.717) is 6.54 Å². The lowest BCUT2D eigenvalue weighted by atomic mass is 10.1. The fourth-order valence-electron chi connectivity index (χ4n) is 2.81. The Balaban J connectivity index is 1.99. The molecule has 1 unspecified atom stereocenters. The van der Waals surface area contributed by atoms with Gasteiger partial charge in [-0.15, -0.1) is 0 Å². The van der Waals surface area contributed by atoms with Crippen LogP contribution < -0.4 is 5.73 Å². The van der Waals surface area contributed by atoms with E-state index in [4.69, 9.17) is 5.73 Å². The Morgan fingerprint density at radius 2 is 2.00 bits per heavy atom. The molecule has 1 aliphatic heterocycles.